The average molecular weight is 330 g/mol. The lowest BCUT2D eigenvalue weighted by molar-refractivity contribution is 0.391. The third-order valence-corrected chi connectivity index (χ3v) is 4.06. The van der Waals surface area contributed by atoms with E-state index in [1.54, 1.807) is 19.1 Å². The molecule has 0 aliphatic carbocycles. The Morgan fingerprint density at radius 1 is 1.17 bits per heavy atom. The van der Waals surface area contributed by atoms with Gasteiger partial charge in [-0.25, -0.2) is 4.79 Å². The fraction of sp³-hybridized carbons (Fsp3) is 0.143. The summed E-state index contributed by atoms with van der Waals surface area (Å²) in [6.45, 7) is 1.72. The second-order valence-corrected chi connectivity index (χ2v) is 5.64. The first-order valence-electron chi connectivity index (χ1n) is 6.73. The van der Waals surface area contributed by atoms with Gasteiger partial charge in [0.15, 0.2) is 5.76 Å². The van der Waals surface area contributed by atoms with Crippen LogP contribution in [-0.4, -0.2) is 20.0 Å². The Morgan fingerprint density at radius 2 is 2.09 bits per heavy atom. The summed E-state index contributed by atoms with van der Waals surface area (Å²) in [5, 5.41) is 14.0. The predicted octanol–water partition coefficient (Wildman–Crippen LogP) is 2.82. The SMILES string of the molecule is CC(c1nnc(-c2cccs2)o1)n1nc(-c2ccco2)oc1=O. The van der Waals surface area contributed by atoms with E-state index < -0.39 is 11.8 Å². The lowest BCUT2D eigenvalue weighted by Gasteiger charge is -2.03. The molecule has 0 aliphatic heterocycles. The van der Waals surface area contributed by atoms with Gasteiger partial charge in [0.1, 0.15) is 6.04 Å². The molecular weight excluding hydrogens is 320 g/mol. The van der Waals surface area contributed by atoms with Crippen LogP contribution in [0, 0.1) is 0 Å². The highest BCUT2D eigenvalue weighted by atomic mass is 32.1. The summed E-state index contributed by atoms with van der Waals surface area (Å²) < 4.78 is 17.0. The van der Waals surface area contributed by atoms with Gasteiger partial charge in [-0.15, -0.1) is 26.6 Å². The number of hydrogen-bond acceptors (Lipinski definition) is 8. The van der Waals surface area contributed by atoms with Crippen LogP contribution in [0.3, 0.4) is 0 Å². The van der Waals surface area contributed by atoms with E-state index in [0.717, 1.165) is 9.56 Å². The quantitative estimate of drug-likeness (QED) is 0.567. The Hall–Kier alpha value is -2.94. The van der Waals surface area contributed by atoms with E-state index in [1.807, 2.05) is 17.5 Å². The zero-order valence-electron chi connectivity index (χ0n) is 11.9. The largest absolute Gasteiger partial charge is 0.459 e. The molecule has 4 heterocycles. The lowest BCUT2D eigenvalue weighted by atomic mass is 10.3. The second-order valence-electron chi connectivity index (χ2n) is 4.69. The number of thiophene rings is 1. The van der Waals surface area contributed by atoms with Crippen molar-refractivity contribution in [2.24, 2.45) is 0 Å². The van der Waals surface area contributed by atoms with E-state index in [4.69, 9.17) is 13.3 Å². The molecule has 0 aliphatic rings. The molecule has 0 amide bonds. The number of aromatic nitrogens is 4. The van der Waals surface area contributed by atoms with Crippen LogP contribution in [0.4, 0.5) is 0 Å². The van der Waals surface area contributed by atoms with E-state index in [9.17, 15) is 4.79 Å². The van der Waals surface area contributed by atoms with Crippen LogP contribution in [-0.2, 0) is 0 Å². The molecule has 8 nitrogen and oxygen atoms in total. The Bertz CT molecular complexity index is 965. The molecule has 0 saturated heterocycles. The maximum absolute atomic E-state index is 12.0. The average Bonchev–Trinajstić information content (AvgIpc) is 3.31. The van der Waals surface area contributed by atoms with Crippen LogP contribution in [0.25, 0.3) is 22.4 Å². The van der Waals surface area contributed by atoms with Crippen molar-refractivity contribution in [1.82, 2.24) is 20.0 Å². The molecule has 0 radical (unpaired) electrons. The minimum atomic E-state index is -0.625. The van der Waals surface area contributed by atoms with E-state index in [2.05, 4.69) is 15.3 Å². The molecule has 0 saturated carbocycles. The highest BCUT2D eigenvalue weighted by molar-refractivity contribution is 7.13. The third kappa shape index (κ3) is 2.40. The summed E-state index contributed by atoms with van der Waals surface area (Å²) in [6, 6.07) is 6.55. The van der Waals surface area contributed by atoms with Gasteiger partial charge < -0.3 is 13.3 Å². The zero-order valence-corrected chi connectivity index (χ0v) is 12.7. The van der Waals surface area contributed by atoms with E-state index >= 15 is 0 Å². The van der Waals surface area contributed by atoms with Crippen molar-refractivity contribution in [3.63, 3.8) is 0 Å². The van der Waals surface area contributed by atoms with E-state index in [-0.39, 0.29) is 11.8 Å². The van der Waals surface area contributed by atoms with Gasteiger partial charge in [0.05, 0.1) is 11.1 Å². The summed E-state index contributed by atoms with van der Waals surface area (Å²) in [7, 11) is 0. The summed E-state index contributed by atoms with van der Waals surface area (Å²) >= 11 is 1.49. The maximum Gasteiger partial charge on any atom is 0.438 e. The zero-order chi connectivity index (χ0) is 15.8. The van der Waals surface area contributed by atoms with Crippen LogP contribution >= 0.6 is 11.3 Å². The molecule has 0 spiro atoms. The van der Waals surface area contributed by atoms with Crippen LogP contribution in [0.5, 0.6) is 0 Å². The first kappa shape index (κ1) is 13.7. The highest BCUT2D eigenvalue weighted by Crippen LogP contribution is 2.26. The topological polar surface area (TPSA) is 100 Å². The van der Waals surface area contributed by atoms with Crippen LogP contribution < -0.4 is 5.76 Å². The van der Waals surface area contributed by atoms with Gasteiger partial charge in [0.2, 0.25) is 5.89 Å². The Kier molecular flexibility index (Phi) is 3.19. The van der Waals surface area contributed by atoms with Gasteiger partial charge in [-0.3, -0.25) is 0 Å². The standard InChI is InChI=1S/C14H10N4O4S/c1-8(11-15-16-13(21-11)10-5-3-7-23-10)18-14(19)22-12(17-18)9-4-2-6-20-9/h2-8H,1H3. The molecule has 0 aromatic carbocycles. The minimum absolute atomic E-state index is 0.102. The number of furan rings is 1. The van der Waals surface area contributed by atoms with E-state index in [0.29, 0.717) is 11.7 Å². The Labute approximate surface area is 133 Å². The normalized spacial score (nSPS) is 12.6. The maximum atomic E-state index is 12.0. The van der Waals surface area contributed by atoms with Crippen molar-refractivity contribution in [2.75, 3.05) is 0 Å². The molecule has 1 atom stereocenters. The first-order chi connectivity index (χ1) is 11.2. The fourth-order valence-corrected chi connectivity index (χ4v) is 2.69. The molecule has 1 unspecified atom stereocenters. The monoisotopic (exact) mass is 330 g/mol. The molecule has 0 N–H and O–H groups in total. The first-order valence-corrected chi connectivity index (χ1v) is 7.61. The lowest BCUT2D eigenvalue weighted by Crippen LogP contribution is -2.21. The summed E-state index contributed by atoms with van der Waals surface area (Å²) in [6.07, 6.45) is 1.48. The van der Waals surface area contributed by atoms with E-state index in [1.165, 1.54) is 17.6 Å². The molecule has 4 rings (SSSR count). The van der Waals surface area contributed by atoms with Crippen LogP contribution in [0.15, 0.2) is 54.0 Å². The van der Waals surface area contributed by atoms with Crippen molar-refractivity contribution in [2.45, 2.75) is 13.0 Å². The molecule has 0 fully saturated rings. The van der Waals surface area contributed by atoms with Gasteiger partial charge in [0.25, 0.3) is 11.8 Å². The summed E-state index contributed by atoms with van der Waals surface area (Å²) in [5.74, 6) is 0.530. The van der Waals surface area contributed by atoms with Crippen LogP contribution in [0.2, 0.25) is 0 Å². The van der Waals surface area contributed by atoms with Crippen LogP contribution in [0.1, 0.15) is 18.9 Å². The van der Waals surface area contributed by atoms with Gasteiger partial charge in [-0.2, -0.15) is 4.68 Å². The van der Waals surface area contributed by atoms with Gasteiger partial charge in [0, 0.05) is 0 Å². The molecule has 23 heavy (non-hydrogen) atoms. The molecule has 116 valence electrons. The van der Waals surface area contributed by atoms with Crippen molar-refractivity contribution in [3.05, 3.63) is 52.4 Å². The second kappa shape index (κ2) is 5.36. The summed E-state index contributed by atoms with van der Waals surface area (Å²) in [5.41, 5.74) is 0. The third-order valence-electron chi connectivity index (χ3n) is 3.20. The van der Waals surface area contributed by atoms with Gasteiger partial charge in [-0.1, -0.05) is 6.07 Å². The minimum Gasteiger partial charge on any atom is -0.459 e. The van der Waals surface area contributed by atoms with Crippen molar-refractivity contribution in [1.29, 1.82) is 0 Å². The molecule has 9 heteroatoms. The Balaban J connectivity index is 1.67. The number of hydrogen-bond donors (Lipinski definition) is 0. The van der Waals surface area contributed by atoms with Crippen molar-refractivity contribution in [3.8, 4) is 22.4 Å². The highest BCUT2D eigenvalue weighted by Gasteiger charge is 2.23. The Morgan fingerprint density at radius 3 is 2.83 bits per heavy atom. The number of rotatable bonds is 4. The predicted molar refractivity (Wildman–Crippen MR) is 79.9 cm³/mol. The molecule has 0 bridgehead atoms. The number of nitrogens with zero attached hydrogens (tertiary/aromatic N) is 4. The van der Waals surface area contributed by atoms with Crippen molar-refractivity contribution < 1.29 is 13.3 Å². The smallest absolute Gasteiger partial charge is 0.438 e. The van der Waals surface area contributed by atoms with Gasteiger partial charge >= 0.3 is 5.76 Å². The fourth-order valence-electron chi connectivity index (χ4n) is 2.04. The molecular formula is C14H10N4O4S. The summed E-state index contributed by atoms with van der Waals surface area (Å²) in [4.78, 5) is 12.9. The molecule has 4 aromatic heterocycles. The van der Waals surface area contributed by atoms with Gasteiger partial charge in [-0.05, 0) is 30.5 Å². The van der Waals surface area contributed by atoms with Crippen molar-refractivity contribution >= 4 is 11.3 Å². The molecule has 4 aromatic rings.